The van der Waals surface area contributed by atoms with Crippen molar-refractivity contribution < 1.29 is 0 Å². The van der Waals surface area contributed by atoms with Crippen LogP contribution in [0, 0.1) is 12.8 Å². The molecule has 1 nitrogen and oxygen atoms in total. The van der Waals surface area contributed by atoms with Crippen LogP contribution < -0.4 is 5.32 Å². The van der Waals surface area contributed by atoms with Crippen molar-refractivity contribution in [1.82, 2.24) is 5.32 Å². The van der Waals surface area contributed by atoms with Crippen molar-refractivity contribution in [3.05, 3.63) is 35.4 Å². The van der Waals surface area contributed by atoms with Crippen LogP contribution >= 0.6 is 0 Å². The van der Waals surface area contributed by atoms with E-state index in [9.17, 15) is 0 Å². The Morgan fingerprint density at radius 1 is 1.25 bits per heavy atom. The van der Waals surface area contributed by atoms with E-state index in [4.69, 9.17) is 0 Å². The summed E-state index contributed by atoms with van der Waals surface area (Å²) < 4.78 is 0. The molecule has 1 aromatic carbocycles. The van der Waals surface area contributed by atoms with E-state index in [1.54, 1.807) is 0 Å². The van der Waals surface area contributed by atoms with Gasteiger partial charge in [0.25, 0.3) is 0 Å². The van der Waals surface area contributed by atoms with Crippen LogP contribution in [-0.2, 0) is 0 Å². The Hall–Kier alpha value is -0.820. The first-order valence-electron chi connectivity index (χ1n) is 6.57. The van der Waals surface area contributed by atoms with Gasteiger partial charge >= 0.3 is 0 Å². The van der Waals surface area contributed by atoms with Gasteiger partial charge in [0.1, 0.15) is 0 Å². The zero-order valence-electron chi connectivity index (χ0n) is 10.7. The molecule has 1 fully saturated rings. The molecule has 0 radical (unpaired) electrons. The number of aryl methyl sites for hydroxylation is 1. The van der Waals surface area contributed by atoms with Gasteiger partial charge in [0, 0.05) is 12.1 Å². The molecular formula is C15H23N. The Kier molecular flexibility index (Phi) is 3.65. The molecule has 0 saturated heterocycles. The molecule has 1 heteroatoms. The number of hydrogen-bond donors (Lipinski definition) is 1. The zero-order chi connectivity index (χ0) is 11.5. The molecule has 2 rings (SSSR count). The maximum Gasteiger partial charge on any atom is 0.0320 e. The fourth-order valence-electron chi connectivity index (χ4n) is 2.41. The van der Waals surface area contributed by atoms with Crippen molar-refractivity contribution in [2.24, 2.45) is 5.92 Å². The minimum absolute atomic E-state index is 0.544. The molecule has 0 amide bonds. The molecular weight excluding hydrogens is 194 g/mol. The quantitative estimate of drug-likeness (QED) is 0.790. The van der Waals surface area contributed by atoms with Gasteiger partial charge < -0.3 is 5.32 Å². The van der Waals surface area contributed by atoms with E-state index in [-0.39, 0.29) is 0 Å². The first-order chi connectivity index (χ1) is 7.74. The monoisotopic (exact) mass is 217 g/mol. The van der Waals surface area contributed by atoms with Crippen LogP contribution in [-0.4, -0.2) is 6.04 Å². The van der Waals surface area contributed by atoms with E-state index in [2.05, 4.69) is 50.4 Å². The highest BCUT2D eigenvalue weighted by Crippen LogP contribution is 2.35. The molecule has 1 aliphatic rings. The molecule has 3 unspecified atom stereocenters. The summed E-state index contributed by atoms with van der Waals surface area (Å²) in [5.74, 6) is 0.930. The first kappa shape index (κ1) is 11.7. The van der Waals surface area contributed by atoms with E-state index in [0.29, 0.717) is 6.04 Å². The SMILES string of the molecule is CCC(NC1CC1CC)c1ccc(C)cc1. The molecule has 0 spiro atoms. The molecule has 0 aliphatic heterocycles. The second kappa shape index (κ2) is 5.01. The van der Waals surface area contributed by atoms with Crippen molar-refractivity contribution >= 4 is 0 Å². The van der Waals surface area contributed by atoms with Crippen LogP contribution in [0.5, 0.6) is 0 Å². The lowest BCUT2D eigenvalue weighted by atomic mass is 10.0. The summed E-state index contributed by atoms with van der Waals surface area (Å²) in [6.07, 6.45) is 3.87. The largest absolute Gasteiger partial charge is 0.307 e. The number of benzene rings is 1. The smallest absolute Gasteiger partial charge is 0.0320 e. The van der Waals surface area contributed by atoms with E-state index in [0.717, 1.165) is 12.0 Å². The lowest BCUT2D eigenvalue weighted by Gasteiger charge is -2.17. The highest BCUT2D eigenvalue weighted by Gasteiger charge is 2.36. The van der Waals surface area contributed by atoms with Gasteiger partial charge in [-0.1, -0.05) is 50.1 Å². The van der Waals surface area contributed by atoms with Crippen LogP contribution in [0.4, 0.5) is 0 Å². The summed E-state index contributed by atoms with van der Waals surface area (Å²) in [5, 5.41) is 3.78. The Bertz CT molecular complexity index is 328. The van der Waals surface area contributed by atoms with E-state index >= 15 is 0 Å². The Morgan fingerprint density at radius 3 is 2.44 bits per heavy atom. The lowest BCUT2D eigenvalue weighted by molar-refractivity contribution is 0.494. The average Bonchev–Trinajstić information content (AvgIpc) is 3.06. The fourth-order valence-corrected chi connectivity index (χ4v) is 2.41. The van der Waals surface area contributed by atoms with E-state index in [1.165, 1.54) is 30.4 Å². The standard InChI is InChI=1S/C15H23N/c1-4-12-10-15(12)16-14(5-2)13-8-6-11(3)7-9-13/h6-9,12,14-16H,4-5,10H2,1-3H3. The molecule has 0 bridgehead atoms. The molecule has 16 heavy (non-hydrogen) atoms. The van der Waals surface area contributed by atoms with Crippen molar-refractivity contribution in [2.75, 3.05) is 0 Å². The normalized spacial score (nSPS) is 25.4. The van der Waals surface area contributed by atoms with Gasteiger partial charge in [0.05, 0.1) is 0 Å². The van der Waals surface area contributed by atoms with E-state index < -0.39 is 0 Å². The Morgan fingerprint density at radius 2 is 1.94 bits per heavy atom. The highest BCUT2D eigenvalue weighted by molar-refractivity contribution is 5.24. The van der Waals surface area contributed by atoms with Crippen molar-refractivity contribution in [1.29, 1.82) is 0 Å². The third-order valence-corrected chi connectivity index (χ3v) is 3.75. The highest BCUT2D eigenvalue weighted by atomic mass is 15.0. The molecule has 1 aliphatic carbocycles. The van der Waals surface area contributed by atoms with Gasteiger partial charge in [0.2, 0.25) is 0 Å². The zero-order valence-corrected chi connectivity index (χ0v) is 10.7. The van der Waals surface area contributed by atoms with Crippen molar-refractivity contribution in [3.63, 3.8) is 0 Å². The summed E-state index contributed by atoms with van der Waals surface area (Å²) in [6.45, 7) is 6.70. The topological polar surface area (TPSA) is 12.0 Å². The third kappa shape index (κ3) is 2.65. The Balaban J connectivity index is 1.97. The minimum atomic E-state index is 0.544. The molecule has 3 atom stereocenters. The molecule has 0 aromatic heterocycles. The van der Waals surface area contributed by atoms with Crippen LogP contribution in [0.25, 0.3) is 0 Å². The van der Waals surface area contributed by atoms with Gasteiger partial charge in [-0.2, -0.15) is 0 Å². The van der Waals surface area contributed by atoms with Crippen LogP contribution in [0.1, 0.15) is 50.3 Å². The second-order valence-corrected chi connectivity index (χ2v) is 5.05. The lowest BCUT2D eigenvalue weighted by Crippen LogP contribution is -2.24. The van der Waals surface area contributed by atoms with E-state index in [1.807, 2.05) is 0 Å². The van der Waals surface area contributed by atoms with Crippen LogP contribution in [0.2, 0.25) is 0 Å². The Labute approximate surface area is 99.3 Å². The first-order valence-corrected chi connectivity index (χ1v) is 6.57. The molecule has 88 valence electrons. The average molecular weight is 217 g/mol. The number of nitrogens with one attached hydrogen (secondary N) is 1. The number of rotatable bonds is 5. The summed E-state index contributed by atoms with van der Waals surface area (Å²) in [7, 11) is 0. The number of hydrogen-bond acceptors (Lipinski definition) is 1. The fraction of sp³-hybridized carbons (Fsp3) is 0.600. The van der Waals surface area contributed by atoms with Gasteiger partial charge in [-0.3, -0.25) is 0 Å². The van der Waals surface area contributed by atoms with Gasteiger partial charge in [-0.15, -0.1) is 0 Å². The summed E-state index contributed by atoms with van der Waals surface area (Å²) in [4.78, 5) is 0. The predicted octanol–water partition coefficient (Wildman–Crippen LogP) is 3.83. The maximum atomic E-state index is 3.78. The van der Waals surface area contributed by atoms with Crippen LogP contribution in [0.3, 0.4) is 0 Å². The van der Waals surface area contributed by atoms with Crippen LogP contribution in [0.15, 0.2) is 24.3 Å². The summed E-state index contributed by atoms with van der Waals surface area (Å²) >= 11 is 0. The van der Waals surface area contributed by atoms with Gasteiger partial charge in [-0.05, 0) is 31.2 Å². The third-order valence-electron chi connectivity index (χ3n) is 3.75. The second-order valence-electron chi connectivity index (χ2n) is 5.05. The molecule has 1 N–H and O–H groups in total. The van der Waals surface area contributed by atoms with Crippen molar-refractivity contribution in [3.8, 4) is 0 Å². The molecule has 0 heterocycles. The minimum Gasteiger partial charge on any atom is -0.307 e. The molecule has 1 aromatic rings. The van der Waals surface area contributed by atoms with Gasteiger partial charge in [-0.25, -0.2) is 0 Å². The predicted molar refractivity (Wildman–Crippen MR) is 69.5 cm³/mol. The van der Waals surface area contributed by atoms with Crippen molar-refractivity contribution in [2.45, 2.75) is 52.1 Å². The summed E-state index contributed by atoms with van der Waals surface area (Å²) in [5.41, 5.74) is 2.78. The maximum absolute atomic E-state index is 3.78. The summed E-state index contributed by atoms with van der Waals surface area (Å²) in [6, 6.07) is 10.3. The molecule has 1 saturated carbocycles. The van der Waals surface area contributed by atoms with Gasteiger partial charge in [0.15, 0.2) is 0 Å².